The Morgan fingerprint density at radius 2 is 1.87 bits per heavy atom. The summed E-state index contributed by atoms with van der Waals surface area (Å²) in [5.74, 6) is -0.910. The first-order chi connectivity index (χ1) is 10.9. The number of nitrogens with one attached hydrogen (secondary N) is 1. The molecule has 2 N–H and O–H groups in total. The lowest BCUT2D eigenvalue weighted by Crippen LogP contribution is -2.15. The van der Waals surface area contributed by atoms with Gasteiger partial charge in [0.05, 0.1) is 12.1 Å². The highest BCUT2D eigenvalue weighted by molar-refractivity contribution is 5.92. The second-order valence-electron chi connectivity index (χ2n) is 5.59. The van der Waals surface area contributed by atoms with E-state index < -0.39 is 5.97 Å². The third-order valence-electron chi connectivity index (χ3n) is 3.86. The quantitative estimate of drug-likeness (QED) is 0.856. The molecular weight excluding hydrogens is 294 g/mol. The van der Waals surface area contributed by atoms with Crippen LogP contribution in [0.3, 0.4) is 0 Å². The first-order valence-corrected chi connectivity index (χ1v) is 7.46. The summed E-state index contributed by atoms with van der Waals surface area (Å²) in [4.78, 5) is 22.7. The summed E-state index contributed by atoms with van der Waals surface area (Å²) in [6, 6.07) is 7.24. The summed E-state index contributed by atoms with van der Waals surface area (Å²) < 4.78 is 1.77. The average molecular weight is 315 g/mol. The zero-order chi connectivity index (χ0) is 17.0. The Labute approximate surface area is 135 Å². The summed E-state index contributed by atoms with van der Waals surface area (Å²) in [7, 11) is 1.86. The van der Waals surface area contributed by atoms with E-state index in [9.17, 15) is 9.59 Å². The highest BCUT2D eigenvalue weighted by Gasteiger charge is 2.13. The predicted octanol–water partition coefficient (Wildman–Crippen LogP) is 2.24. The number of anilines is 1. The molecule has 0 radical (unpaired) electrons. The summed E-state index contributed by atoms with van der Waals surface area (Å²) >= 11 is 0. The molecule has 0 fully saturated rings. The van der Waals surface area contributed by atoms with Crippen molar-refractivity contribution in [2.24, 2.45) is 7.05 Å². The molecule has 0 saturated heterocycles. The Morgan fingerprint density at radius 1 is 1.22 bits per heavy atom. The number of carboxylic acid groups (broad SMARTS) is 1. The molecule has 0 spiro atoms. The number of aromatic nitrogens is 2. The van der Waals surface area contributed by atoms with Crippen molar-refractivity contribution in [1.82, 2.24) is 9.78 Å². The highest BCUT2D eigenvalue weighted by Crippen LogP contribution is 2.15. The van der Waals surface area contributed by atoms with Crippen LogP contribution in [0.1, 0.15) is 28.9 Å². The van der Waals surface area contributed by atoms with Gasteiger partial charge in [-0.25, -0.2) is 0 Å². The maximum Gasteiger partial charge on any atom is 0.303 e. The molecular formula is C17H21N3O3. The number of benzene rings is 1. The van der Waals surface area contributed by atoms with Crippen molar-refractivity contribution in [1.29, 1.82) is 0 Å². The van der Waals surface area contributed by atoms with Crippen LogP contribution in [-0.4, -0.2) is 26.8 Å². The number of carbonyl (C=O) groups is 2. The Balaban J connectivity index is 1.96. The van der Waals surface area contributed by atoms with E-state index in [2.05, 4.69) is 10.4 Å². The van der Waals surface area contributed by atoms with Crippen LogP contribution in [0.15, 0.2) is 24.3 Å². The van der Waals surface area contributed by atoms with E-state index in [1.807, 2.05) is 33.0 Å². The van der Waals surface area contributed by atoms with Crippen molar-refractivity contribution in [3.8, 4) is 0 Å². The number of hydrogen-bond acceptors (Lipinski definition) is 3. The van der Waals surface area contributed by atoms with Crippen LogP contribution < -0.4 is 5.32 Å². The number of carboxylic acids is 1. The van der Waals surface area contributed by atoms with Gasteiger partial charge in [-0.3, -0.25) is 14.3 Å². The average Bonchev–Trinajstić information content (AvgIpc) is 2.73. The summed E-state index contributed by atoms with van der Waals surface area (Å²) in [5.41, 5.74) is 4.44. The molecule has 0 atom stereocenters. The van der Waals surface area contributed by atoms with Gasteiger partial charge in [-0.2, -0.15) is 5.10 Å². The van der Waals surface area contributed by atoms with E-state index >= 15 is 0 Å². The van der Waals surface area contributed by atoms with Crippen LogP contribution >= 0.6 is 0 Å². The fourth-order valence-corrected chi connectivity index (χ4v) is 2.45. The Hall–Kier alpha value is -2.63. The molecule has 1 aromatic heterocycles. The number of rotatable bonds is 6. The van der Waals surface area contributed by atoms with Crippen molar-refractivity contribution >= 4 is 17.6 Å². The van der Waals surface area contributed by atoms with E-state index in [0.717, 1.165) is 22.5 Å². The molecule has 0 unspecified atom stereocenters. The Kier molecular flexibility index (Phi) is 5.16. The van der Waals surface area contributed by atoms with Crippen molar-refractivity contribution in [3.63, 3.8) is 0 Å². The minimum absolute atomic E-state index is 0.0949. The minimum atomic E-state index is -0.815. The largest absolute Gasteiger partial charge is 0.481 e. The summed E-state index contributed by atoms with van der Waals surface area (Å²) in [6.45, 7) is 3.84. The van der Waals surface area contributed by atoms with Crippen molar-refractivity contribution < 1.29 is 14.7 Å². The lowest BCUT2D eigenvalue weighted by Gasteiger charge is -2.07. The minimum Gasteiger partial charge on any atom is -0.481 e. The predicted molar refractivity (Wildman–Crippen MR) is 87.4 cm³/mol. The molecule has 6 heteroatoms. The summed E-state index contributed by atoms with van der Waals surface area (Å²) in [5, 5.41) is 15.8. The van der Waals surface area contributed by atoms with Gasteiger partial charge in [0, 0.05) is 30.4 Å². The van der Waals surface area contributed by atoms with Crippen molar-refractivity contribution in [3.05, 3.63) is 46.8 Å². The second kappa shape index (κ2) is 7.09. The molecule has 0 saturated carbocycles. The zero-order valence-corrected chi connectivity index (χ0v) is 13.6. The van der Waals surface area contributed by atoms with Crippen LogP contribution in [0.5, 0.6) is 0 Å². The summed E-state index contributed by atoms with van der Waals surface area (Å²) in [6.07, 6.45) is 0.870. The molecule has 0 aliphatic carbocycles. The molecule has 0 aliphatic heterocycles. The van der Waals surface area contributed by atoms with Gasteiger partial charge in [-0.15, -0.1) is 0 Å². The van der Waals surface area contributed by atoms with Crippen LogP contribution in [0.4, 0.5) is 5.69 Å². The van der Waals surface area contributed by atoms with Gasteiger partial charge in [0.25, 0.3) is 0 Å². The van der Waals surface area contributed by atoms with Gasteiger partial charge in [-0.05, 0) is 38.0 Å². The van der Waals surface area contributed by atoms with Crippen molar-refractivity contribution in [2.75, 3.05) is 5.32 Å². The fraction of sp³-hybridized carbons (Fsp3) is 0.353. The molecule has 0 aliphatic rings. The fourth-order valence-electron chi connectivity index (χ4n) is 2.45. The van der Waals surface area contributed by atoms with E-state index in [1.54, 1.807) is 16.8 Å². The first kappa shape index (κ1) is 16.7. The molecule has 6 nitrogen and oxygen atoms in total. The lowest BCUT2D eigenvalue weighted by molar-refractivity contribution is -0.137. The Bertz CT molecular complexity index is 717. The van der Waals surface area contributed by atoms with Gasteiger partial charge in [-0.1, -0.05) is 12.1 Å². The van der Waals surface area contributed by atoms with Crippen LogP contribution in [0.2, 0.25) is 0 Å². The number of carbonyl (C=O) groups excluding carboxylic acids is 1. The van der Waals surface area contributed by atoms with E-state index in [1.165, 1.54) is 0 Å². The molecule has 2 aromatic rings. The van der Waals surface area contributed by atoms with Crippen molar-refractivity contribution in [2.45, 2.75) is 33.1 Å². The number of amides is 1. The zero-order valence-electron chi connectivity index (χ0n) is 13.6. The van der Waals surface area contributed by atoms with Gasteiger partial charge < -0.3 is 10.4 Å². The van der Waals surface area contributed by atoms with Gasteiger partial charge in [0.2, 0.25) is 5.91 Å². The topological polar surface area (TPSA) is 84.2 Å². The second-order valence-corrected chi connectivity index (χ2v) is 5.59. The van der Waals surface area contributed by atoms with Gasteiger partial charge in [0.15, 0.2) is 0 Å². The number of aliphatic carboxylic acids is 1. The third kappa shape index (κ3) is 4.42. The van der Waals surface area contributed by atoms with Crippen LogP contribution in [-0.2, 0) is 29.5 Å². The maximum atomic E-state index is 12.2. The molecule has 0 bridgehead atoms. The van der Waals surface area contributed by atoms with Gasteiger partial charge >= 0.3 is 5.97 Å². The molecule has 2 rings (SSSR count). The Morgan fingerprint density at radius 3 is 2.39 bits per heavy atom. The lowest BCUT2D eigenvalue weighted by atomic mass is 10.1. The van der Waals surface area contributed by atoms with Crippen LogP contribution in [0.25, 0.3) is 0 Å². The third-order valence-corrected chi connectivity index (χ3v) is 3.86. The normalized spacial score (nSPS) is 10.6. The van der Waals surface area contributed by atoms with E-state index in [4.69, 9.17) is 5.11 Å². The number of aryl methyl sites for hydroxylation is 3. The monoisotopic (exact) mass is 315 g/mol. The maximum absolute atomic E-state index is 12.2. The van der Waals surface area contributed by atoms with Gasteiger partial charge in [0.1, 0.15) is 0 Å². The molecule has 23 heavy (non-hydrogen) atoms. The molecule has 1 heterocycles. The SMILES string of the molecule is Cc1nn(C)c(C)c1CC(=O)Nc1ccc(CCC(=O)O)cc1. The highest BCUT2D eigenvalue weighted by atomic mass is 16.4. The molecule has 122 valence electrons. The van der Waals surface area contributed by atoms with E-state index in [0.29, 0.717) is 12.1 Å². The number of nitrogens with zero attached hydrogens (tertiary/aromatic N) is 2. The standard InChI is InChI=1S/C17H21N3O3/c1-11-15(12(2)20(3)19-11)10-16(21)18-14-7-4-13(5-8-14)6-9-17(22)23/h4-5,7-8H,6,9-10H2,1-3H3,(H,18,21)(H,22,23). The number of hydrogen-bond donors (Lipinski definition) is 2. The smallest absolute Gasteiger partial charge is 0.303 e. The van der Waals surface area contributed by atoms with E-state index in [-0.39, 0.29) is 18.7 Å². The molecule has 1 amide bonds. The molecule has 1 aromatic carbocycles. The first-order valence-electron chi connectivity index (χ1n) is 7.46. The van der Waals surface area contributed by atoms with Crippen LogP contribution in [0, 0.1) is 13.8 Å².